The van der Waals surface area contributed by atoms with Crippen LogP contribution in [0.5, 0.6) is 5.75 Å². The smallest absolute Gasteiger partial charge is 0.311 e. The fourth-order valence-corrected chi connectivity index (χ4v) is 2.72. The van der Waals surface area contributed by atoms with Crippen LogP contribution in [0.15, 0.2) is 30.3 Å². The van der Waals surface area contributed by atoms with Crippen LogP contribution in [-0.2, 0) is 9.59 Å². The third-order valence-corrected chi connectivity index (χ3v) is 4.11. The zero-order valence-corrected chi connectivity index (χ0v) is 13.0. The van der Waals surface area contributed by atoms with Gasteiger partial charge in [-0.1, -0.05) is 18.2 Å². The van der Waals surface area contributed by atoms with E-state index in [9.17, 15) is 14.7 Å². The number of hydrogen-bond acceptors (Lipinski definition) is 3. The maximum Gasteiger partial charge on any atom is 0.311 e. The largest absolute Gasteiger partial charge is 0.494 e. The van der Waals surface area contributed by atoms with Crippen LogP contribution in [0.25, 0.3) is 0 Å². The standard InChI is InChI=1S/C17H23NO4/c1-17(16(20)21)10-6-11-18(13-17)15(19)9-5-12-22-14-7-3-2-4-8-14/h2-4,7-8H,5-6,9-13H2,1H3,(H,20,21). The van der Waals surface area contributed by atoms with Crippen LogP contribution in [-0.4, -0.2) is 41.6 Å². The number of likely N-dealkylation sites (tertiary alicyclic amines) is 1. The molecule has 1 aliphatic heterocycles. The topological polar surface area (TPSA) is 66.8 Å². The summed E-state index contributed by atoms with van der Waals surface area (Å²) in [6.07, 6.45) is 2.40. The number of aliphatic carboxylic acids is 1. The number of nitrogens with zero attached hydrogens (tertiary/aromatic N) is 1. The minimum Gasteiger partial charge on any atom is -0.494 e. The van der Waals surface area contributed by atoms with Crippen LogP contribution in [0, 0.1) is 5.41 Å². The first-order valence-electron chi connectivity index (χ1n) is 7.70. The van der Waals surface area contributed by atoms with Gasteiger partial charge in [0.05, 0.1) is 12.0 Å². The Morgan fingerprint density at radius 1 is 1.32 bits per heavy atom. The van der Waals surface area contributed by atoms with Gasteiger partial charge in [0.1, 0.15) is 5.75 Å². The molecule has 1 saturated heterocycles. The average Bonchev–Trinajstić information content (AvgIpc) is 2.52. The summed E-state index contributed by atoms with van der Waals surface area (Å²) in [4.78, 5) is 25.2. The SMILES string of the molecule is CC1(C(=O)O)CCCN(C(=O)CCCOc2ccccc2)C1. The second-order valence-electron chi connectivity index (χ2n) is 6.05. The Kier molecular flexibility index (Phi) is 5.41. The van der Waals surface area contributed by atoms with E-state index in [-0.39, 0.29) is 5.91 Å². The van der Waals surface area contributed by atoms with Crippen molar-refractivity contribution in [1.29, 1.82) is 0 Å². The second kappa shape index (κ2) is 7.29. The Hall–Kier alpha value is -2.04. The molecule has 1 heterocycles. The summed E-state index contributed by atoms with van der Waals surface area (Å²) >= 11 is 0. The molecule has 0 bridgehead atoms. The molecule has 5 nitrogen and oxygen atoms in total. The Morgan fingerprint density at radius 3 is 2.73 bits per heavy atom. The van der Waals surface area contributed by atoms with E-state index in [0.717, 1.165) is 12.2 Å². The van der Waals surface area contributed by atoms with Crippen LogP contribution in [0.1, 0.15) is 32.6 Å². The van der Waals surface area contributed by atoms with Gasteiger partial charge in [-0.2, -0.15) is 0 Å². The maximum atomic E-state index is 12.2. The van der Waals surface area contributed by atoms with E-state index in [1.807, 2.05) is 30.3 Å². The average molecular weight is 305 g/mol. The van der Waals surface area contributed by atoms with Crippen LogP contribution in [0.2, 0.25) is 0 Å². The highest BCUT2D eigenvalue weighted by molar-refractivity contribution is 5.79. The molecule has 1 aliphatic rings. The summed E-state index contributed by atoms with van der Waals surface area (Å²) in [6.45, 7) is 3.16. The number of ether oxygens (including phenoxy) is 1. The molecule has 2 rings (SSSR count). The number of hydrogen-bond donors (Lipinski definition) is 1. The lowest BCUT2D eigenvalue weighted by Gasteiger charge is -2.37. The minimum absolute atomic E-state index is 0.0174. The number of carboxylic acid groups (broad SMARTS) is 1. The van der Waals surface area contributed by atoms with Crippen molar-refractivity contribution in [1.82, 2.24) is 4.90 Å². The maximum absolute atomic E-state index is 12.2. The molecule has 1 aromatic rings. The monoisotopic (exact) mass is 305 g/mol. The van der Waals surface area contributed by atoms with E-state index < -0.39 is 11.4 Å². The number of carbonyl (C=O) groups excluding carboxylic acids is 1. The molecule has 1 amide bonds. The fourth-order valence-electron chi connectivity index (χ4n) is 2.72. The molecule has 0 radical (unpaired) electrons. The fraction of sp³-hybridized carbons (Fsp3) is 0.529. The molecule has 1 N–H and O–H groups in total. The summed E-state index contributed by atoms with van der Waals surface area (Å²) < 4.78 is 5.56. The highest BCUT2D eigenvalue weighted by Gasteiger charge is 2.39. The van der Waals surface area contributed by atoms with Crippen LogP contribution >= 0.6 is 0 Å². The first kappa shape index (κ1) is 16.3. The normalized spacial score (nSPS) is 21.4. The van der Waals surface area contributed by atoms with Gasteiger partial charge in [-0.05, 0) is 38.3 Å². The van der Waals surface area contributed by atoms with Crippen molar-refractivity contribution < 1.29 is 19.4 Å². The van der Waals surface area contributed by atoms with Gasteiger partial charge in [0, 0.05) is 19.5 Å². The van der Waals surface area contributed by atoms with Gasteiger partial charge in [0.15, 0.2) is 0 Å². The van der Waals surface area contributed by atoms with Gasteiger partial charge in [-0.3, -0.25) is 9.59 Å². The van der Waals surface area contributed by atoms with Gasteiger partial charge in [0.2, 0.25) is 5.91 Å². The highest BCUT2D eigenvalue weighted by Crippen LogP contribution is 2.30. The van der Waals surface area contributed by atoms with Crippen molar-refractivity contribution in [2.45, 2.75) is 32.6 Å². The van der Waals surface area contributed by atoms with Gasteiger partial charge in [-0.15, -0.1) is 0 Å². The lowest BCUT2D eigenvalue weighted by molar-refractivity contribution is -0.153. The Morgan fingerprint density at radius 2 is 2.05 bits per heavy atom. The predicted octanol–water partition coefficient (Wildman–Crippen LogP) is 2.56. The van der Waals surface area contributed by atoms with E-state index in [1.165, 1.54) is 0 Å². The van der Waals surface area contributed by atoms with Gasteiger partial charge in [0.25, 0.3) is 0 Å². The molecule has 22 heavy (non-hydrogen) atoms. The summed E-state index contributed by atoms with van der Waals surface area (Å²) in [5.41, 5.74) is -0.811. The third kappa shape index (κ3) is 4.23. The molecular formula is C17H23NO4. The van der Waals surface area contributed by atoms with Crippen molar-refractivity contribution in [3.05, 3.63) is 30.3 Å². The highest BCUT2D eigenvalue weighted by atomic mass is 16.5. The lowest BCUT2D eigenvalue weighted by Crippen LogP contribution is -2.48. The Balaban J connectivity index is 1.74. The van der Waals surface area contributed by atoms with Gasteiger partial charge in [-0.25, -0.2) is 0 Å². The molecule has 120 valence electrons. The number of benzene rings is 1. The number of piperidine rings is 1. The van der Waals surface area contributed by atoms with E-state index in [4.69, 9.17) is 4.74 Å². The molecule has 1 aromatic carbocycles. The second-order valence-corrected chi connectivity index (χ2v) is 6.05. The van der Waals surface area contributed by atoms with Crippen molar-refractivity contribution >= 4 is 11.9 Å². The Bertz CT molecular complexity index is 517. The van der Waals surface area contributed by atoms with E-state index >= 15 is 0 Å². The van der Waals surface area contributed by atoms with E-state index in [0.29, 0.717) is 39.0 Å². The first-order chi connectivity index (χ1) is 10.5. The zero-order chi connectivity index (χ0) is 16.0. The molecule has 1 atom stereocenters. The number of carbonyl (C=O) groups is 2. The van der Waals surface area contributed by atoms with Crippen molar-refractivity contribution in [3.8, 4) is 5.75 Å². The van der Waals surface area contributed by atoms with Crippen LogP contribution in [0.3, 0.4) is 0 Å². The molecule has 0 spiro atoms. The van der Waals surface area contributed by atoms with Crippen LogP contribution in [0.4, 0.5) is 0 Å². The predicted molar refractivity (Wildman–Crippen MR) is 82.7 cm³/mol. The van der Waals surface area contributed by atoms with E-state index in [2.05, 4.69) is 0 Å². The summed E-state index contributed by atoms with van der Waals surface area (Å²) in [5.74, 6) is -0.00683. The number of amides is 1. The summed E-state index contributed by atoms with van der Waals surface area (Å²) in [5, 5.41) is 9.28. The van der Waals surface area contributed by atoms with E-state index in [1.54, 1.807) is 11.8 Å². The molecule has 1 unspecified atom stereocenters. The van der Waals surface area contributed by atoms with Crippen LogP contribution < -0.4 is 4.74 Å². The lowest BCUT2D eigenvalue weighted by atomic mass is 9.82. The first-order valence-corrected chi connectivity index (χ1v) is 7.70. The van der Waals surface area contributed by atoms with Gasteiger partial charge >= 0.3 is 5.97 Å². The quantitative estimate of drug-likeness (QED) is 0.820. The number of carboxylic acids is 1. The molecule has 1 fully saturated rings. The number of para-hydroxylation sites is 1. The molecule has 5 heteroatoms. The summed E-state index contributed by atoms with van der Waals surface area (Å²) in [7, 11) is 0. The summed E-state index contributed by atoms with van der Waals surface area (Å²) in [6, 6.07) is 9.49. The molecule has 0 saturated carbocycles. The zero-order valence-electron chi connectivity index (χ0n) is 13.0. The molecule has 0 aromatic heterocycles. The van der Waals surface area contributed by atoms with Gasteiger partial charge < -0.3 is 14.7 Å². The number of rotatable bonds is 6. The van der Waals surface area contributed by atoms with Crippen molar-refractivity contribution in [2.24, 2.45) is 5.41 Å². The van der Waals surface area contributed by atoms with Crippen molar-refractivity contribution in [3.63, 3.8) is 0 Å². The van der Waals surface area contributed by atoms with Crippen molar-refractivity contribution in [2.75, 3.05) is 19.7 Å². The Labute approximate surface area is 130 Å². The molecule has 0 aliphatic carbocycles. The molecular weight excluding hydrogens is 282 g/mol. The minimum atomic E-state index is -0.822. The third-order valence-electron chi connectivity index (χ3n) is 4.11.